The molecule has 0 saturated carbocycles. The predicted molar refractivity (Wildman–Crippen MR) is 108 cm³/mol. The molecule has 0 unspecified atom stereocenters. The van der Waals surface area contributed by atoms with E-state index in [-0.39, 0.29) is 34.0 Å². The summed E-state index contributed by atoms with van der Waals surface area (Å²) in [5.41, 5.74) is 0.997. The average Bonchev–Trinajstić information content (AvgIpc) is 2.74. The molecule has 2 aromatic rings. The number of carbonyl (C=O) groups excluding carboxylic acids is 2. The number of carbonyl (C=O) groups is 2. The molecule has 0 aliphatic carbocycles. The van der Waals surface area contributed by atoms with Gasteiger partial charge in [-0.05, 0) is 31.0 Å². The molecule has 152 valence electrons. The van der Waals surface area contributed by atoms with Crippen molar-refractivity contribution < 1.29 is 14.5 Å². The Balaban J connectivity index is 1.49. The van der Waals surface area contributed by atoms with Crippen LogP contribution < -0.4 is 5.32 Å². The van der Waals surface area contributed by atoms with Crippen molar-refractivity contribution in [3.8, 4) is 0 Å². The minimum absolute atomic E-state index is 0.0126. The second kappa shape index (κ2) is 9.47. The number of non-ortho nitro benzene ring substituents is 1. The quantitative estimate of drug-likeness (QED) is 0.575. The molecule has 0 bridgehead atoms. The van der Waals surface area contributed by atoms with Gasteiger partial charge < -0.3 is 10.2 Å². The van der Waals surface area contributed by atoms with Gasteiger partial charge in [0.15, 0.2) is 0 Å². The highest BCUT2D eigenvalue weighted by molar-refractivity contribution is 6.34. The second-order valence-corrected chi connectivity index (χ2v) is 7.26. The smallest absolute Gasteiger partial charge is 0.270 e. The minimum Gasteiger partial charge on any atom is -0.355 e. The topological polar surface area (TPSA) is 105 Å². The molecule has 1 saturated heterocycles. The molecular weight excluding hydrogens is 396 g/mol. The van der Waals surface area contributed by atoms with Gasteiger partial charge in [0.2, 0.25) is 5.91 Å². The van der Waals surface area contributed by atoms with Gasteiger partial charge in [-0.3, -0.25) is 24.7 Å². The van der Waals surface area contributed by atoms with Crippen LogP contribution in [0.5, 0.6) is 0 Å². The van der Waals surface area contributed by atoms with Crippen molar-refractivity contribution in [1.29, 1.82) is 0 Å². The monoisotopic (exact) mass is 416 g/mol. The number of piperidine rings is 1. The van der Waals surface area contributed by atoms with E-state index in [0.717, 1.165) is 5.69 Å². The SMILES string of the molecule is O=C(NCCc1ccccn1)C1CCN(C(=O)c2ccc([N+](=O)[O-])cc2Cl)CC1. The summed E-state index contributed by atoms with van der Waals surface area (Å²) >= 11 is 6.05. The first-order chi connectivity index (χ1) is 14.0. The fourth-order valence-electron chi connectivity index (χ4n) is 3.31. The number of amides is 2. The van der Waals surface area contributed by atoms with E-state index in [1.165, 1.54) is 18.2 Å². The number of nitrogens with one attached hydrogen (secondary N) is 1. The van der Waals surface area contributed by atoms with Gasteiger partial charge in [0, 0.05) is 56.0 Å². The van der Waals surface area contributed by atoms with Gasteiger partial charge in [-0.25, -0.2) is 0 Å². The minimum atomic E-state index is -0.557. The molecule has 1 aromatic heterocycles. The third kappa shape index (κ3) is 5.29. The van der Waals surface area contributed by atoms with E-state index in [1.807, 2.05) is 18.2 Å². The van der Waals surface area contributed by atoms with Crippen molar-refractivity contribution in [2.45, 2.75) is 19.3 Å². The van der Waals surface area contributed by atoms with E-state index in [0.29, 0.717) is 38.9 Å². The highest BCUT2D eigenvalue weighted by Gasteiger charge is 2.28. The number of nitrogens with zero attached hydrogens (tertiary/aromatic N) is 3. The molecule has 1 N–H and O–H groups in total. The van der Waals surface area contributed by atoms with Crippen LogP contribution in [-0.2, 0) is 11.2 Å². The molecule has 1 aliphatic rings. The number of rotatable bonds is 6. The molecule has 8 nitrogen and oxygen atoms in total. The third-order valence-corrected chi connectivity index (χ3v) is 5.27. The number of nitro benzene ring substituents is 1. The number of likely N-dealkylation sites (tertiary alicyclic amines) is 1. The molecule has 1 fully saturated rings. The van der Waals surface area contributed by atoms with Crippen molar-refractivity contribution in [3.05, 3.63) is 69.0 Å². The maximum Gasteiger partial charge on any atom is 0.270 e. The van der Waals surface area contributed by atoms with Gasteiger partial charge in [0.05, 0.1) is 15.5 Å². The summed E-state index contributed by atoms with van der Waals surface area (Å²) in [7, 11) is 0. The number of hydrogen-bond donors (Lipinski definition) is 1. The maximum atomic E-state index is 12.7. The van der Waals surface area contributed by atoms with Crippen LogP contribution in [0.15, 0.2) is 42.6 Å². The molecule has 1 aromatic carbocycles. The van der Waals surface area contributed by atoms with Crippen LogP contribution in [0, 0.1) is 16.0 Å². The van der Waals surface area contributed by atoms with Gasteiger partial charge in [0.25, 0.3) is 11.6 Å². The summed E-state index contributed by atoms with van der Waals surface area (Å²) in [6.07, 6.45) is 3.52. The average molecular weight is 417 g/mol. The van der Waals surface area contributed by atoms with Crippen LogP contribution in [0.3, 0.4) is 0 Å². The fraction of sp³-hybridized carbons (Fsp3) is 0.350. The van der Waals surface area contributed by atoms with E-state index in [9.17, 15) is 19.7 Å². The van der Waals surface area contributed by atoms with E-state index in [4.69, 9.17) is 11.6 Å². The predicted octanol–water partition coefficient (Wildman–Crippen LogP) is 2.85. The zero-order chi connectivity index (χ0) is 20.8. The van der Waals surface area contributed by atoms with Crippen LogP contribution in [0.25, 0.3) is 0 Å². The van der Waals surface area contributed by atoms with Crippen molar-refractivity contribution in [2.75, 3.05) is 19.6 Å². The summed E-state index contributed by atoms with van der Waals surface area (Å²) in [5.74, 6) is -0.435. The van der Waals surface area contributed by atoms with Crippen LogP contribution in [0.1, 0.15) is 28.9 Å². The highest BCUT2D eigenvalue weighted by atomic mass is 35.5. The number of hydrogen-bond acceptors (Lipinski definition) is 5. The fourth-order valence-corrected chi connectivity index (χ4v) is 3.57. The molecule has 0 radical (unpaired) electrons. The number of halogens is 1. The molecule has 1 aliphatic heterocycles. The lowest BCUT2D eigenvalue weighted by atomic mass is 9.95. The number of nitro groups is 1. The normalized spacial score (nSPS) is 14.4. The van der Waals surface area contributed by atoms with Crippen LogP contribution >= 0.6 is 11.6 Å². The summed E-state index contributed by atoms with van der Waals surface area (Å²) in [4.78, 5) is 41.1. The molecule has 3 rings (SSSR count). The first-order valence-corrected chi connectivity index (χ1v) is 9.74. The van der Waals surface area contributed by atoms with Crippen LogP contribution in [0.4, 0.5) is 5.69 Å². The summed E-state index contributed by atoms with van der Waals surface area (Å²) in [6, 6.07) is 9.49. The number of benzene rings is 1. The maximum absolute atomic E-state index is 12.7. The molecule has 2 heterocycles. The first-order valence-electron chi connectivity index (χ1n) is 9.36. The largest absolute Gasteiger partial charge is 0.355 e. The summed E-state index contributed by atoms with van der Waals surface area (Å²) in [6.45, 7) is 1.39. The lowest BCUT2D eigenvalue weighted by Gasteiger charge is -2.31. The third-order valence-electron chi connectivity index (χ3n) is 4.95. The molecule has 0 spiro atoms. The lowest BCUT2D eigenvalue weighted by molar-refractivity contribution is -0.384. The second-order valence-electron chi connectivity index (χ2n) is 6.85. The Morgan fingerprint density at radius 2 is 2.00 bits per heavy atom. The summed E-state index contributed by atoms with van der Waals surface area (Å²) in [5, 5.41) is 13.8. The molecular formula is C20H21ClN4O4. The van der Waals surface area contributed by atoms with Crippen LogP contribution in [-0.4, -0.2) is 46.3 Å². The van der Waals surface area contributed by atoms with Gasteiger partial charge in [-0.1, -0.05) is 17.7 Å². The Labute approximate surface area is 173 Å². The number of aromatic nitrogens is 1. The van der Waals surface area contributed by atoms with Crippen molar-refractivity contribution in [3.63, 3.8) is 0 Å². The van der Waals surface area contributed by atoms with E-state index in [1.54, 1.807) is 11.1 Å². The Hall–Kier alpha value is -3.00. The van der Waals surface area contributed by atoms with Crippen molar-refractivity contribution >= 4 is 29.1 Å². The highest BCUT2D eigenvalue weighted by Crippen LogP contribution is 2.26. The van der Waals surface area contributed by atoms with E-state index in [2.05, 4.69) is 10.3 Å². The van der Waals surface area contributed by atoms with Gasteiger partial charge >= 0.3 is 0 Å². The summed E-state index contributed by atoms with van der Waals surface area (Å²) < 4.78 is 0. The zero-order valence-corrected chi connectivity index (χ0v) is 16.5. The molecule has 9 heteroatoms. The van der Waals surface area contributed by atoms with Gasteiger partial charge in [-0.2, -0.15) is 0 Å². The molecule has 0 atom stereocenters. The first kappa shape index (κ1) is 20.7. The Kier molecular flexibility index (Phi) is 6.77. The standard InChI is InChI=1S/C20H21ClN4O4/c21-18-13-16(25(28)29)4-5-17(18)20(27)24-11-7-14(8-12-24)19(26)23-10-6-15-3-1-2-9-22-15/h1-5,9,13-14H,6-8,10-12H2,(H,23,26). The Bertz CT molecular complexity index is 899. The Morgan fingerprint density at radius 3 is 2.62 bits per heavy atom. The zero-order valence-electron chi connectivity index (χ0n) is 15.7. The van der Waals surface area contributed by atoms with Crippen molar-refractivity contribution in [2.24, 2.45) is 5.92 Å². The molecule has 29 heavy (non-hydrogen) atoms. The van der Waals surface area contributed by atoms with Crippen LogP contribution in [0.2, 0.25) is 5.02 Å². The van der Waals surface area contributed by atoms with E-state index < -0.39 is 4.92 Å². The van der Waals surface area contributed by atoms with Crippen molar-refractivity contribution in [1.82, 2.24) is 15.2 Å². The Morgan fingerprint density at radius 1 is 1.24 bits per heavy atom. The molecule has 2 amide bonds. The van der Waals surface area contributed by atoms with Gasteiger partial charge in [0.1, 0.15) is 0 Å². The van der Waals surface area contributed by atoms with E-state index >= 15 is 0 Å². The lowest BCUT2D eigenvalue weighted by Crippen LogP contribution is -2.43. The number of pyridine rings is 1. The van der Waals surface area contributed by atoms with Gasteiger partial charge in [-0.15, -0.1) is 0 Å².